The number of aromatic carboxylic acids is 1. The molecule has 1 aromatic rings. The van der Waals surface area contributed by atoms with Crippen molar-refractivity contribution in [2.45, 2.75) is 39.2 Å². The van der Waals surface area contributed by atoms with Crippen molar-refractivity contribution in [3.63, 3.8) is 0 Å². The van der Waals surface area contributed by atoms with Gasteiger partial charge in [0.05, 0.1) is 11.5 Å². The first-order chi connectivity index (χ1) is 10.8. The van der Waals surface area contributed by atoms with Crippen molar-refractivity contribution in [1.29, 1.82) is 0 Å². The number of aromatic nitrogens is 2. The maximum absolute atomic E-state index is 11.6. The highest BCUT2D eigenvalue weighted by molar-refractivity contribution is 5.85. The fourth-order valence-corrected chi connectivity index (χ4v) is 3.06. The van der Waals surface area contributed by atoms with Crippen molar-refractivity contribution in [3.8, 4) is 0 Å². The van der Waals surface area contributed by atoms with E-state index in [0.29, 0.717) is 25.1 Å². The van der Waals surface area contributed by atoms with E-state index < -0.39 is 23.5 Å². The second-order valence-electron chi connectivity index (χ2n) is 5.92. The van der Waals surface area contributed by atoms with Gasteiger partial charge in [-0.3, -0.25) is 4.79 Å². The monoisotopic (exact) mass is 323 g/mol. The molecular weight excluding hydrogens is 302 g/mol. The minimum absolute atomic E-state index is 0.0643. The molecule has 1 fully saturated rings. The average molecular weight is 323 g/mol. The van der Waals surface area contributed by atoms with Gasteiger partial charge in [-0.15, -0.1) is 0 Å². The molecule has 0 saturated carbocycles. The number of rotatable bonds is 5. The van der Waals surface area contributed by atoms with Gasteiger partial charge in [-0.1, -0.05) is 13.3 Å². The van der Waals surface area contributed by atoms with Crippen LogP contribution in [0.3, 0.4) is 0 Å². The van der Waals surface area contributed by atoms with Crippen LogP contribution in [0.25, 0.3) is 0 Å². The zero-order valence-electron chi connectivity index (χ0n) is 13.2. The third-order valence-corrected chi connectivity index (χ3v) is 4.33. The molecule has 0 aliphatic carbocycles. The minimum atomic E-state index is -1.16. The van der Waals surface area contributed by atoms with E-state index in [1.54, 1.807) is 11.8 Å². The van der Waals surface area contributed by atoms with Crippen molar-refractivity contribution in [2.24, 2.45) is 5.41 Å². The van der Waals surface area contributed by atoms with Crippen LogP contribution in [-0.4, -0.2) is 56.4 Å². The number of piperidine rings is 1. The van der Waals surface area contributed by atoms with E-state index in [2.05, 4.69) is 9.97 Å². The second-order valence-corrected chi connectivity index (χ2v) is 5.92. The fraction of sp³-hybridized carbons (Fsp3) is 0.600. The summed E-state index contributed by atoms with van der Waals surface area (Å²) in [6, 6.07) is 1.37. The van der Waals surface area contributed by atoms with E-state index in [1.807, 2.05) is 6.92 Å². The minimum Gasteiger partial charge on any atom is -0.481 e. The summed E-state index contributed by atoms with van der Waals surface area (Å²) in [5.74, 6) is -1.94. The molecule has 0 bridgehead atoms. The first kappa shape index (κ1) is 17.1. The molecule has 1 aromatic heterocycles. The number of aliphatic hydroxyl groups is 1. The summed E-state index contributed by atoms with van der Waals surface area (Å²) in [4.78, 5) is 32.6. The molecule has 0 amide bonds. The third kappa shape index (κ3) is 3.26. The Hall–Kier alpha value is -2.22. The zero-order chi connectivity index (χ0) is 17.2. The topological polar surface area (TPSA) is 124 Å². The first-order valence-electron chi connectivity index (χ1n) is 7.55. The summed E-state index contributed by atoms with van der Waals surface area (Å²) >= 11 is 0. The maximum Gasteiger partial charge on any atom is 0.354 e. The van der Waals surface area contributed by atoms with Crippen LogP contribution >= 0.6 is 0 Å². The van der Waals surface area contributed by atoms with Crippen LogP contribution < -0.4 is 4.90 Å². The van der Waals surface area contributed by atoms with Gasteiger partial charge in [0.2, 0.25) is 5.95 Å². The predicted molar refractivity (Wildman–Crippen MR) is 81.5 cm³/mol. The Bertz CT molecular complexity index is 621. The molecule has 1 aliphatic heterocycles. The summed E-state index contributed by atoms with van der Waals surface area (Å²) in [5.41, 5.74) is -0.777. The van der Waals surface area contributed by atoms with Gasteiger partial charge in [-0.25, -0.2) is 14.8 Å². The molecular formula is C15H21N3O5. The summed E-state index contributed by atoms with van der Waals surface area (Å²) in [5, 5.41) is 29.0. The summed E-state index contributed by atoms with van der Waals surface area (Å²) < 4.78 is 0. The van der Waals surface area contributed by atoms with Gasteiger partial charge in [0, 0.05) is 18.8 Å². The van der Waals surface area contributed by atoms with Crippen LogP contribution in [0, 0.1) is 12.3 Å². The average Bonchev–Trinajstić information content (AvgIpc) is 2.48. The molecule has 8 nitrogen and oxygen atoms in total. The Morgan fingerprint density at radius 1 is 1.39 bits per heavy atom. The molecule has 0 radical (unpaired) electrons. The number of aliphatic hydroxyl groups excluding tert-OH is 1. The molecule has 0 unspecified atom stereocenters. The lowest BCUT2D eigenvalue weighted by atomic mass is 9.73. The van der Waals surface area contributed by atoms with Crippen LogP contribution in [0.2, 0.25) is 0 Å². The Kier molecular flexibility index (Phi) is 4.84. The molecule has 1 aliphatic rings. The van der Waals surface area contributed by atoms with E-state index >= 15 is 0 Å². The number of nitrogens with zero attached hydrogens (tertiary/aromatic N) is 3. The lowest BCUT2D eigenvalue weighted by Gasteiger charge is -2.42. The van der Waals surface area contributed by atoms with Gasteiger partial charge in [0.1, 0.15) is 0 Å². The third-order valence-electron chi connectivity index (χ3n) is 4.33. The number of aliphatic carboxylic acids is 1. The van der Waals surface area contributed by atoms with Crippen LogP contribution in [0.4, 0.5) is 5.95 Å². The molecule has 0 aromatic carbocycles. The summed E-state index contributed by atoms with van der Waals surface area (Å²) in [7, 11) is 0. The van der Waals surface area contributed by atoms with Gasteiger partial charge in [0.15, 0.2) is 5.69 Å². The Balaban J connectivity index is 2.26. The first-order valence-corrected chi connectivity index (χ1v) is 7.55. The van der Waals surface area contributed by atoms with Gasteiger partial charge < -0.3 is 20.2 Å². The summed E-state index contributed by atoms with van der Waals surface area (Å²) in [6.45, 7) is 3.96. The van der Waals surface area contributed by atoms with E-state index in [-0.39, 0.29) is 24.6 Å². The van der Waals surface area contributed by atoms with Gasteiger partial charge >= 0.3 is 11.9 Å². The standard InChI is InChI=1S/C15H21N3O5/c1-3-4-15(13(22)23)5-6-18(8-11(15)19)14-16-9(2)7-10(17-14)12(20)21/h7,11,19H,3-6,8H2,1-2H3,(H,20,21)(H,22,23)/t11-,15+/m1/s1. The van der Waals surface area contributed by atoms with E-state index in [4.69, 9.17) is 5.11 Å². The van der Waals surface area contributed by atoms with Gasteiger partial charge in [-0.05, 0) is 25.8 Å². The maximum atomic E-state index is 11.6. The van der Waals surface area contributed by atoms with Crippen molar-refractivity contribution < 1.29 is 24.9 Å². The largest absolute Gasteiger partial charge is 0.481 e. The van der Waals surface area contributed by atoms with Crippen molar-refractivity contribution >= 4 is 17.9 Å². The highest BCUT2D eigenvalue weighted by Gasteiger charge is 2.48. The van der Waals surface area contributed by atoms with Crippen LogP contribution in [0.5, 0.6) is 0 Å². The number of hydrogen-bond acceptors (Lipinski definition) is 6. The SMILES string of the molecule is CCC[C@]1(C(=O)O)CCN(c2nc(C)cc(C(=O)O)n2)C[C@H]1O. The van der Waals surface area contributed by atoms with Gasteiger partial charge in [-0.2, -0.15) is 0 Å². The molecule has 2 heterocycles. The van der Waals surface area contributed by atoms with Crippen molar-refractivity contribution in [2.75, 3.05) is 18.0 Å². The Morgan fingerprint density at radius 2 is 2.09 bits per heavy atom. The second kappa shape index (κ2) is 6.49. The van der Waals surface area contributed by atoms with Crippen molar-refractivity contribution in [3.05, 3.63) is 17.5 Å². The van der Waals surface area contributed by atoms with Gasteiger partial charge in [0.25, 0.3) is 0 Å². The molecule has 2 atom stereocenters. The molecule has 3 N–H and O–H groups in total. The fourth-order valence-electron chi connectivity index (χ4n) is 3.06. The zero-order valence-corrected chi connectivity index (χ0v) is 13.2. The molecule has 0 spiro atoms. The van der Waals surface area contributed by atoms with Crippen molar-refractivity contribution in [1.82, 2.24) is 9.97 Å². The number of hydrogen-bond donors (Lipinski definition) is 3. The number of aryl methyl sites for hydroxylation is 1. The van der Waals surface area contributed by atoms with E-state index in [9.17, 15) is 19.8 Å². The Labute approximate surface area is 133 Å². The Morgan fingerprint density at radius 3 is 2.61 bits per heavy atom. The lowest BCUT2D eigenvalue weighted by molar-refractivity contribution is -0.159. The van der Waals surface area contributed by atoms with E-state index in [1.165, 1.54) is 6.07 Å². The number of carbonyl (C=O) groups is 2. The number of β-amino-alcohol motifs (C(OH)–C–C–N with tert-alkyl or cyclic N) is 1. The van der Waals surface area contributed by atoms with E-state index in [0.717, 1.165) is 0 Å². The smallest absolute Gasteiger partial charge is 0.354 e. The number of anilines is 1. The van der Waals surface area contributed by atoms with Crippen LogP contribution in [0.15, 0.2) is 6.07 Å². The number of carboxylic acid groups (broad SMARTS) is 2. The highest BCUT2D eigenvalue weighted by Crippen LogP contribution is 2.37. The lowest BCUT2D eigenvalue weighted by Crippen LogP contribution is -2.55. The molecule has 1 saturated heterocycles. The normalized spacial score (nSPS) is 24.5. The quantitative estimate of drug-likeness (QED) is 0.731. The molecule has 2 rings (SSSR count). The molecule has 8 heteroatoms. The van der Waals surface area contributed by atoms with Crippen LogP contribution in [0.1, 0.15) is 42.4 Å². The number of carboxylic acids is 2. The molecule has 23 heavy (non-hydrogen) atoms. The highest BCUT2D eigenvalue weighted by atomic mass is 16.4. The summed E-state index contributed by atoms with van der Waals surface area (Å²) in [6.07, 6.45) is 0.253. The molecule has 126 valence electrons. The van der Waals surface area contributed by atoms with Crippen LogP contribution in [-0.2, 0) is 4.79 Å². The predicted octanol–water partition coefficient (Wildman–Crippen LogP) is 0.925.